The molecule has 3 saturated heterocycles. The molecule has 5 heteroatoms. The fraction of sp³-hybridized carbons (Fsp3) is 0.933. The molecule has 5 nitrogen and oxygen atoms in total. The Labute approximate surface area is 120 Å². The van der Waals surface area contributed by atoms with Gasteiger partial charge in [0.25, 0.3) is 0 Å². The Bertz CT molecular complexity index is 348. The molecule has 3 rings (SSSR count). The van der Waals surface area contributed by atoms with Gasteiger partial charge in [-0.1, -0.05) is 0 Å². The van der Waals surface area contributed by atoms with Crippen molar-refractivity contribution in [2.45, 2.75) is 37.4 Å². The lowest BCUT2D eigenvalue weighted by molar-refractivity contribution is -0.165. The van der Waals surface area contributed by atoms with Gasteiger partial charge < -0.3 is 19.1 Å². The van der Waals surface area contributed by atoms with E-state index in [0.717, 1.165) is 52.0 Å². The summed E-state index contributed by atoms with van der Waals surface area (Å²) < 4.78 is 17.1. The van der Waals surface area contributed by atoms with Crippen molar-refractivity contribution >= 4 is 5.78 Å². The molecule has 3 heterocycles. The number of Topliss-reactive ketones (excluding diaryl/α,β-unsaturated/α-hetero) is 1. The van der Waals surface area contributed by atoms with Crippen LogP contribution in [0.2, 0.25) is 0 Å². The average Bonchev–Trinajstić information content (AvgIpc) is 2.47. The highest BCUT2D eigenvalue weighted by Gasteiger charge is 2.43. The molecule has 0 amide bonds. The van der Waals surface area contributed by atoms with Crippen LogP contribution < -0.4 is 0 Å². The summed E-state index contributed by atoms with van der Waals surface area (Å²) >= 11 is 0. The zero-order valence-corrected chi connectivity index (χ0v) is 12.3. The van der Waals surface area contributed by atoms with E-state index in [1.54, 1.807) is 0 Å². The lowest BCUT2D eigenvalue weighted by Gasteiger charge is -2.43. The van der Waals surface area contributed by atoms with E-state index in [2.05, 4.69) is 4.90 Å². The summed E-state index contributed by atoms with van der Waals surface area (Å²) in [6.07, 6.45) is 3.28. The van der Waals surface area contributed by atoms with Gasteiger partial charge in [0, 0.05) is 38.8 Å². The maximum absolute atomic E-state index is 12.7. The van der Waals surface area contributed by atoms with E-state index in [0.29, 0.717) is 13.2 Å². The number of carbonyl (C=O) groups excluding carboxylic acids is 1. The minimum Gasteiger partial charge on any atom is -0.381 e. The van der Waals surface area contributed by atoms with Gasteiger partial charge in [0.15, 0.2) is 5.78 Å². The SMILES string of the molecule is CN1CCOC(C(=O)C2CCOC3(CCOCC3)C2)C1. The minimum atomic E-state index is -0.242. The normalized spacial score (nSPS) is 35.0. The van der Waals surface area contributed by atoms with Gasteiger partial charge in [-0.15, -0.1) is 0 Å². The van der Waals surface area contributed by atoms with Crippen LogP contribution in [-0.2, 0) is 19.0 Å². The molecule has 3 aliphatic rings. The highest BCUT2D eigenvalue weighted by molar-refractivity contribution is 5.86. The number of nitrogens with zero attached hydrogens (tertiary/aromatic N) is 1. The molecule has 0 saturated carbocycles. The van der Waals surface area contributed by atoms with Crippen molar-refractivity contribution in [2.75, 3.05) is 46.6 Å². The predicted molar refractivity (Wildman–Crippen MR) is 73.7 cm³/mol. The monoisotopic (exact) mass is 283 g/mol. The van der Waals surface area contributed by atoms with Gasteiger partial charge >= 0.3 is 0 Å². The first-order valence-corrected chi connectivity index (χ1v) is 7.74. The Hall–Kier alpha value is -0.490. The Morgan fingerprint density at radius 1 is 1.20 bits per heavy atom. The Morgan fingerprint density at radius 2 is 2.00 bits per heavy atom. The summed E-state index contributed by atoms with van der Waals surface area (Å²) in [6.45, 7) is 4.51. The van der Waals surface area contributed by atoms with Crippen molar-refractivity contribution in [1.82, 2.24) is 4.90 Å². The molecule has 0 aromatic rings. The molecule has 1 spiro atoms. The highest BCUT2D eigenvalue weighted by atomic mass is 16.5. The average molecular weight is 283 g/mol. The van der Waals surface area contributed by atoms with E-state index in [4.69, 9.17) is 14.2 Å². The zero-order valence-electron chi connectivity index (χ0n) is 12.3. The first-order chi connectivity index (χ1) is 9.69. The fourth-order valence-electron chi connectivity index (χ4n) is 3.58. The molecule has 114 valence electrons. The van der Waals surface area contributed by atoms with Crippen molar-refractivity contribution < 1.29 is 19.0 Å². The number of likely N-dealkylation sites (N-methyl/N-ethyl adjacent to an activating group) is 1. The summed E-state index contributed by atoms with van der Waals surface area (Å²) in [5, 5.41) is 0. The quantitative estimate of drug-likeness (QED) is 0.752. The van der Waals surface area contributed by atoms with Crippen LogP contribution in [-0.4, -0.2) is 69.0 Å². The van der Waals surface area contributed by atoms with E-state index < -0.39 is 0 Å². The second-order valence-corrected chi connectivity index (χ2v) is 6.36. The van der Waals surface area contributed by atoms with Crippen LogP contribution in [0, 0.1) is 5.92 Å². The first-order valence-electron chi connectivity index (χ1n) is 7.74. The van der Waals surface area contributed by atoms with Crippen molar-refractivity contribution in [3.63, 3.8) is 0 Å². The number of hydrogen-bond donors (Lipinski definition) is 0. The standard InChI is InChI=1S/C15H25NO4/c1-16-5-9-19-13(11-16)14(17)12-2-6-20-15(10-12)3-7-18-8-4-15/h12-13H,2-11H2,1H3. The van der Waals surface area contributed by atoms with Gasteiger partial charge in [0.1, 0.15) is 6.10 Å². The molecular formula is C15H25NO4. The van der Waals surface area contributed by atoms with E-state index >= 15 is 0 Å². The van der Waals surface area contributed by atoms with E-state index in [-0.39, 0.29) is 23.4 Å². The Kier molecular flexibility index (Phi) is 4.40. The second-order valence-electron chi connectivity index (χ2n) is 6.36. The Balaban J connectivity index is 1.62. The fourth-order valence-corrected chi connectivity index (χ4v) is 3.58. The number of ether oxygens (including phenoxy) is 3. The third kappa shape index (κ3) is 3.06. The molecule has 0 aliphatic carbocycles. The van der Waals surface area contributed by atoms with Crippen molar-refractivity contribution in [3.8, 4) is 0 Å². The molecule has 2 atom stereocenters. The molecule has 0 aromatic heterocycles. The van der Waals surface area contributed by atoms with Crippen LogP contribution in [0.25, 0.3) is 0 Å². The van der Waals surface area contributed by atoms with Gasteiger partial charge in [-0.05, 0) is 32.7 Å². The first kappa shape index (κ1) is 14.4. The van der Waals surface area contributed by atoms with Crippen LogP contribution in [0.5, 0.6) is 0 Å². The number of morpholine rings is 1. The highest BCUT2D eigenvalue weighted by Crippen LogP contribution is 2.38. The molecular weight excluding hydrogens is 258 g/mol. The molecule has 0 radical (unpaired) electrons. The molecule has 3 fully saturated rings. The van der Waals surface area contributed by atoms with Crippen LogP contribution in [0.15, 0.2) is 0 Å². The molecule has 20 heavy (non-hydrogen) atoms. The van der Waals surface area contributed by atoms with Crippen LogP contribution >= 0.6 is 0 Å². The van der Waals surface area contributed by atoms with Crippen molar-refractivity contribution in [3.05, 3.63) is 0 Å². The maximum Gasteiger partial charge on any atom is 0.166 e. The second kappa shape index (κ2) is 6.10. The van der Waals surface area contributed by atoms with Crippen LogP contribution in [0.1, 0.15) is 25.7 Å². The smallest absolute Gasteiger partial charge is 0.166 e. The molecule has 0 N–H and O–H groups in total. The third-order valence-corrected chi connectivity index (χ3v) is 4.89. The summed E-state index contributed by atoms with van der Waals surface area (Å²) in [7, 11) is 2.05. The Morgan fingerprint density at radius 3 is 2.75 bits per heavy atom. The molecule has 2 unspecified atom stereocenters. The van der Waals surface area contributed by atoms with Crippen molar-refractivity contribution in [1.29, 1.82) is 0 Å². The van der Waals surface area contributed by atoms with E-state index in [9.17, 15) is 4.79 Å². The number of hydrogen-bond acceptors (Lipinski definition) is 5. The summed E-state index contributed by atoms with van der Waals surface area (Å²) in [6, 6.07) is 0. The van der Waals surface area contributed by atoms with Gasteiger partial charge in [0.2, 0.25) is 0 Å². The van der Waals surface area contributed by atoms with Crippen LogP contribution in [0.3, 0.4) is 0 Å². The third-order valence-electron chi connectivity index (χ3n) is 4.89. The van der Waals surface area contributed by atoms with Gasteiger partial charge in [0.05, 0.1) is 12.2 Å². The number of ketones is 1. The summed E-state index contributed by atoms with van der Waals surface area (Å²) in [4.78, 5) is 14.9. The lowest BCUT2D eigenvalue weighted by Crippen LogP contribution is -2.50. The number of carbonyl (C=O) groups is 1. The molecule has 0 bridgehead atoms. The predicted octanol–water partition coefficient (Wildman–Crippen LogP) is 0.862. The summed E-state index contributed by atoms with van der Waals surface area (Å²) in [5.41, 5.74) is -0.114. The lowest BCUT2D eigenvalue weighted by atomic mass is 9.78. The molecule has 3 aliphatic heterocycles. The van der Waals surface area contributed by atoms with E-state index in [1.165, 1.54) is 0 Å². The van der Waals surface area contributed by atoms with Gasteiger partial charge in [-0.3, -0.25) is 4.79 Å². The maximum atomic E-state index is 12.7. The largest absolute Gasteiger partial charge is 0.381 e. The van der Waals surface area contributed by atoms with Crippen molar-refractivity contribution in [2.24, 2.45) is 5.92 Å². The molecule has 0 aromatic carbocycles. The van der Waals surface area contributed by atoms with Gasteiger partial charge in [-0.25, -0.2) is 0 Å². The van der Waals surface area contributed by atoms with Gasteiger partial charge in [-0.2, -0.15) is 0 Å². The topological polar surface area (TPSA) is 48.0 Å². The summed E-state index contributed by atoms with van der Waals surface area (Å²) in [5.74, 6) is 0.379. The van der Waals surface area contributed by atoms with E-state index in [1.807, 2.05) is 7.05 Å². The minimum absolute atomic E-state index is 0.0957. The zero-order chi connectivity index (χ0) is 14.0. The van der Waals surface area contributed by atoms with Crippen LogP contribution in [0.4, 0.5) is 0 Å². The number of rotatable bonds is 2.